The van der Waals surface area contributed by atoms with Crippen molar-refractivity contribution in [1.29, 1.82) is 0 Å². The first-order valence-electron chi connectivity index (χ1n) is 8.60. The van der Waals surface area contributed by atoms with Gasteiger partial charge in [-0.1, -0.05) is 24.4 Å². The van der Waals surface area contributed by atoms with Gasteiger partial charge in [0, 0.05) is 30.5 Å². The van der Waals surface area contributed by atoms with Gasteiger partial charge in [-0.3, -0.25) is 4.79 Å². The maximum absolute atomic E-state index is 13.0. The molecule has 2 heterocycles. The van der Waals surface area contributed by atoms with Gasteiger partial charge in [0.15, 0.2) is 5.82 Å². The standard InChI is InChI=1S/C18H20FN3O2/c19-14-8-6-12(7-9-14)18-20-17(21-24-18)13-10-16(23)22(11-13)15-4-2-1-3-5-15/h6-9,13,15H,1-5,10-11H2/t13-/m0/s1. The Morgan fingerprint density at radius 3 is 2.62 bits per heavy atom. The Morgan fingerprint density at radius 1 is 1.12 bits per heavy atom. The van der Waals surface area contributed by atoms with Crippen LogP contribution >= 0.6 is 0 Å². The fourth-order valence-electron chi connectivity index (χ4n) is 3.76. The molecule has 1 aromatic carbocycles. The second-order valence-electron chi connectivity index (χ2n) is 6.70. The van der Waals surface area contributed by atoms with Crippen molar-refractivity contribution in [3.05, 3.63) is 35.9 Å². The SMILES string of the molecule is O=C1C[C@H](c2noc(-c3ccc(F)cc3)n2)CN1C1CCCCC1. The molecular formula is C18H20FN3O2. The molecule has 2 aromatic rings. The molecule has 1 saturated carbocycles. The van der Waals surface area contributed by atoms with E-state index in [0.29, 0.717) is 36.3 Å². The highest BCUT2D eigenvalue weighted by molar-refractivity contribution is 5.80. The molecule has 4 rings (SSSR count). The van der Waals surface area contributed by atoms with Crippen molar-refractivity contribution in [2.75, 3.05) is 6.54 Å². The third-order valence-corrected chi connectivity index (χ3v) is 5.07. The molecule has 0 N–H and O–H groups in total. The van der Waals surface area contributed by atoms with Gasteiger partial charge < -0.3 is 9.42 Å². The van der Waals surface area contributed by atoms with E-state index in [0.717, 1.165) is 12.8 Å². The number of benzene rings is 1. The lowest BCUT2D eigenvalue weighted by molar-refractivity contribution is -0.130. The molecule has 1 aromatic heterocycles. The molecule has 1 aliphatic carbocycles. The normalized spacial score (nSPS) is 22.3. The monoisotopic (exact) mass is 329 g/mol. The van der Waals surface area contributed by atoms with Gasteiger partial charge >= 0.3 is 0 Å². The van der Waals surface area contributed by atoms with E-state index in [4.69, 9.17) is 4.52 Å². The summed E-state index contributed by atoms with van der Waals surface area (Å²) in [5.74, 6) is 0.815. The van der Waals surface area contributed by atoms with Gasteiger partial charge in [-0.2, -0.15) is 4.98 Å². The van der Waals surface area contributed by atoms with E-state index in [-0.39, 0.29) is 17.6 Å². The molecule has 2 aliphatic rings. The van der Waals surface area contributed by atoms with E-state index in [1.54, 1.807) is 12.1 Å². The molecule has 0 unspecified atom stereocenters. The molecule has 1 atom stereocenters. The predicted octanol–water partition coefficient (Wildman–Crippen LogP) is 3.52. The number of hydrogen-bond donors (Lipinski definition) is 0. The van der Waals surface area contributed by atoms with Gasteiger partial charge in [0.05, 0.1) is 0 Å². The Morgan fingerprint density at radius 2 is 1.88 bits per heavy atom. The number of amides is 1. The molecule has 6 heteroatoms. The number of nitrogens with zero attached hydrogens (tertiary/aromatic N) is 3. The predicted molar refractivity (Wildman–Crippen MR) is 85.6 cm³/mol. The van der Waals surface area contributed by atoms with Crippen LogP contribution in [0.2, 0.25) is 0 Å². The fraction of sp³-hybridized carbons (Fsp3) is 0.500. The Labute approximate surface area is 139 Å². The first kappa shape index (κ1) is 15.3. The van der Waals surface area contributed by atoms with Crippen molar-refractivity contribution in [1.82, 2.24) is 15.0 Å². The first-order valence-corrected chi connectivity index (χ1v) is 8.60. The molecule has 2 fully saturated rings. The van der Waals surface area contributed by atoms with Crippen LogP contribution < -0.4 is 0 Å². The highest BCUT2D eigenvalue weighted by Crippen LogP contribution is 2.33. The summed E-state index contributed by atoms with van der Waals surface area (Å²) in [6, 6.07) is 6.33. The van der Waals surface area contributed by atoms with Crippen LogP contribution in [0.4, 0.5) is 4.39 Å². The molecule has 0 bridgehead atoms. The van der Waals surface area contributed by atoms with E-state index in [9.17, 15) is 9.18 Å². The van der Waals surface area contributed by atoms with Crippen molar-refractivity contribution >= 4 is 5.91 Å². The maximum atomic E-state index is 13.0. The zero-order valence-corrected chi connectivity index (χ0v) is 13.4. The third-order valence-electron chi connectivity index (χ3n) is 5.07. The lowest BCUT2D eigenvalue weighted by atomic mass is 9.94. The highest BCUT2D eigenvalue weighted by atomic mass is 19.1. The van der Waals surface area contributed by atoms with E-state index in [1.807, 2.05) is 4.90 Å². The van der Waals surface area contributed by atoms with Gasteiger partial charge in [-0.15, -0.1) is 0 Å². The zero-order valence-electron chi connectivity index (χ0n) is 13.4. The molecule has 1 aliphatic heterocycles. The van der Waals surface area contributed by atoms with E-state index in [2.05, 4.69) is 10.1 Å². The number of carbonyl (C=O) groups excluding carboxylic acids is 1. The minimum atomic E-state index is -0.303. The van der Waals surface area contributed by atoms with Crippen molar-refractivity contribution in [2.24, 2.45) is 0 Å². The minimum Gasteiger partial charge on any atom is -0.339 e. The van der Waals surface area contributed by atoms with Crippen LogP contribution in [0.3, 0.4) is 0 Å². The maximum Gasteiger partial charge on any atom is 0.257 e. The van der Waals surface area contributed by atoms with Crippen LogP contribution in [0.1, 0.15) is 50.3 Å². The van der Waals surface area contributed by atoms with Gasteiger partial charge in [0.25, 0.3) is 5.89 Å². The smallest absolute Gasteiger partial charge is 0.257 e. The summed E-state index contributed by atoms with van der Waals surface area (Å²) >= 11 is 0. The molecule has 5 nitrogen and oxygen atoms in total. The summed E-state index contributed by atoms with van der Waals surface area (Å²) in [5.41, 5.74) is 0.684. The largest absolute Gasteiger partial charge is 0.339 e. The second-order valence-corrected chi connectivity index (χ2v) is 6.70. The zero-order chi connectivity index (χ0) is 16.5. The molecular weight excluding hydrogens is 309 g/mol. The highest BCUT2D eigenvalue weighted by Gasteiger charge is 2.37. The summed E-state index contributed by atoms with van der Waals surface area (Å²) in [5, 5.41) is 4.05. The molecule has 126 valence electrons. The number of halogens is 1. The Balaban J connectivity index is 1.48. The number of likely N-dealkylation sites (tertiary alicyclic amines) is 1. The van der Waals surface area contributed by atoms with E-state index >= 15 is 0 Å². The molecule has 1 amide bonds. The van der Waals surface area contributed by atoms with Crippen molar-refractivity contribution in [3.8, 4) is 11.5 Å². The molecule has 0 radical (unpaired) electrons. The van der Waals surface area contributed by atoms with E-state index in [1.165, 1.54) is 31.4 Å². The van der Waals surface area contributed by atoms with Crippen molar-refractivity contribution < 1.29 is 13.7 Å². The summed E-state index contributed by atoms with van der Waals surface area (Å²) in [7, 11) is 0. The van der Waals surface area contributed by atoms with Crippen molar-refractivity contribution in [2.45, 2.75) is 50.5 Å². The number of carbonyl (C=O) groups is 1. The van der Waals surface area contributed by atoms with Crippen LogP contribution in [0, 0.1) is 5.82 Å². The molecule has 1 saturated heterocycles. The third kappa shape index (κ3) is 2.92. The van der Waals surface area contributed by atoms with Gasteiger partial charge in [0.2, 0.25) is 5.91 Å². The Bertz CT molecular complexity index is 722. The van der Waals surface area contributed by atoms with Crippen molar-refractivity contribution in [3.63, 3.8) is 0 Å². The minimum absolute atomic E-state index is 0.0163. The van der Waals surface area contributed by atoms with E-state index < -0.39 is 0 Å². The van der Waals surface area contributed by atoms with Crippen LogP contribution in [0.5, 0.6) is 0 Å². The lowest BCUT2D eigenvalue weighted by Gasteiger charge is -2.31. The second kappa shape index (κ2) is 6.34. The summed E-state index contributed by atoms with van der Waals surface area (Å²) < 4.78 is 18.3. The molecule has 24 heavy (non-hydrogen) atoms. The number of aromatic nitrogens is 2. The topological polar surface area (TPSA) is 59.2 Å². The van der Waals surface area contributed by atoms with Crippen LogP contribution in [0.15, 0.2) is 28.8 Å². The quantitative estimate of drug-likeness (QED) is 0.864. The summed E-state index contributed by atoms with van der Waals surface area (Å²) in [6.45, 7) is 0.673. The van der Waals surface area contributed by atoms with Crippen LogP contribution in [-0.4, -0.2) is 33.5 Å². The van der Waals surface area contributed by atoms with Gasteiger partial charge in [-0.25, -0.2) is 4.39 Å². The van der Waals surface area contributed by atoms with Gasteiger partial charge in [0.1, 0.15) is 5.82 Å². The van der Waals surface area contributed by atoms with Gasteiger partial charge in [-0.05, 0) is 37.1 Å². The summed E-state index contributed by atoms with van der Waals surface area (Å²) in [6.07, 6.45) is 6.33. The average molecular weight is 329 g/mol. The fourth-order valence-corrected chi connectivity index (χ4v) is 3.76. The average Bonchev–Trinajstić information content (AvgIpc) is 3.23. The lowest BCUT2D eigenvalue weighted by Crippen LogP contribution is -2.37. The van der Waals surface area contributed by atoms with Crippen LogP contribution in [0.25, 0.3) is 11.5 Å². The number of rotatable bonds is 3. The van der Waals surface area contributed by atoms with Crippen LogP contribution in [-0.2, 0) is 4.79 Å². The number of hydrogen-bond acceptors (Lipinski definition) is 4. The first-order chi connectivity index (χ1) is 11.7. The summed E-state index contributed by atoms with van der Waals surface area (Å²) in [4.78, 5) is 18.8. The Kier molecular flexibility index (Phi) is 4.04. The Hall–Kier alpha value is -2.24. The molecule has 0 spiro atoms.